The van der Waals surface area contributed by atoms with Crippen molar-refractivity contribution in [2.24, 2.45) is 11.8 Å². The van der Waals surface area contributed by atoms with Crippen LogP contribution in [0, 0.1) is 11.8 Å². The molecule has 0 aromatic rings. The largest absolute Gasteiger partial charge is 0.298 e. The molecule has 20 heavy (non-hydrogen) atoms. The average Bonchev–Trinajstić information content (AvgIpc) is 2.47. The Kier molecular flexibility index (Phi) is 5.04. The van der Waals surface area contributed by atoms with Crippen LogP contribution in [0.15, 0.2) is 0 Å². The summed E-state index contributed by atoms with van der Waals surface area (Å²) in [6.07, 6.45) is 11.7. The van der Waals surface area contributed by atoms with E-state index in [0.717, 1.165) is 23.9 Å². The van der Waals surface area contributed by atoms with Crippen LogP contribution < -0.4 is 0 Å². The van der Waals surface area contributed by atoms with Gasteiger partial charge < -0.3 is 0 Å². The third-order valence-electron chi connectivity index (χ3n) is 6.55. The van der Waals surface area contributed by atoms with E-state index in [9.17, 15) is 0 Å². The van der Waals surface area contributed by atoms with Crippen LogP contribution in [0.4, 0.5) is 0 Å². The van der Waals surface area contributed by atoms with Gasteiger partial charge in [0.15, 0.2) is 0 Å². The van der Waals surface area contributed by atoms with Crippen LogP contribution in [0.1, 0.15) is 65.2 Å². The minimum absolute atomic E-state index is 0.931. The number of hydrogen-bond acceptors (Lipinski definition) is 2. The van der Waals surface area contributed by atoms with Gasteiger partial charge >= 0.3 is 0 Å². The van der Waals surface area contributed by atoms with E-state index < -0.39 is 0 Å². The van der Waals surface area contributed by atoms with E-state index in [2.05, 4.69) is 23.6 Å². The molecule has 0 aromatic carbocycles. The van der Waals surface area contributed by atoms with Crippen molar-refractivity contribution in [1.82, 2.24) is 9.80 Å². The fourth-order valence-corrected chi connectivity index (χ4v) is 4.64. The molecule has 3 aliphatic rings. The van der Waals surface area contributed by atoms with Crippen molar-refractivity contribution in [3.8, 4) is 0 Å². The molecule has 1 atom stereocenters. The van der Waals surface area contributed by atoms with Crippen molar-refractivity contribution < 1.29 is 0 Å². The van der Waals surface area contributed by atoms with Gasteiger partial charge in [0.2, 0.25) is 0 Å². The van der Waals surface area contributed by atoms with Crippen LogP contribution in [0.2, 0.25) is 0 Å². The SMILES string of the molecule is CCC(C)C1CC(N2CCN(C3CCCCC3)CC2)C1. The predicted molar refractivity (Wildman–Crippen MR) is 86.0 cm³/mol. The highest BCUT2D eigenvalue weighted by atomic mass is 15.3. The van der Waals surface area contributed by atoms with E-state index >= 15 is 0 Å². The van der Waals surface area contributed by atoms with Gasteiger partial charge in [0.25, 0.3) is 0 Å². The first kappa shape index (κ1) is 14.8. The molecule has 0 amide bonds. The number of rotatable bonds is 4. The molecule has 2 saturated carbocycles. The topological polar surface area (TPSA) is 6.48 Å². The summed E-state index contributed by atoms with van der Waals surface area (Å²) in [5.41, 5.74) is 0. The molecule has 0 aromatic heterocycles. The lowest BCUT2D eigenvalue weighted by atomic mass is 9.71. The lowest BCUT2D eigenvalue weighted by Gasteiger charge is -2.49. The fourth-order valence-electron chi connectivity index (χ4n) is 4.64. The first-order valence-corrected chi connectivity index (χ1v) is 9.26. The fraction of sp³-hybridized carbons (Fsp3) is 1.00. The van der Waals surface area contributed by atoms with Crippen molar-refractivity contribution in [2.75, 3.05) is 26.2 Å². The molecule has 1 unspecified atom stereocenters. The van der Waals surface area contributed by atoms with E-state index in [-0.39, 0.29) is 0 Å². The second-order valence-corrected chi connectivity index (χ2v) is 7.63. The molecule has 1 saturated heterocycles. The molecular weight excluding hydrogens is 244 g/mol. The molecule has 1 aliphatic heterocycles. The first-order valence-electron chi connectivity index (χ1n) is 9.26. The summed E-state index contributed by atoms with van der Waals surface area (Å²) in [7, 11) is 0. The molecule has 3 fully saturated rings. The van der Waals surface area contributed by atoms with Gasteiger partial charge in [-0.1, -0.05) is 39.5 Å². The molecule has 0 bridgehead atoms. The Morgan fingerprint density at radius 2 is 1.40 bits per heavy atom. The number of piperazine rings is 1. The van der Waals surface area contributed by atoms with Crippen LogP contribution in [-0.4, -0.2) is 48.1 Å². The minimum Gasteiger partial charge on any atom is -0.298 e. The Hall–Kier alpha value is -0.0800. The Morgan fingerprint density at radius 1 is 0.850 bits per heavy atom. The van der Waals surface area contributed by atoms with E-state index in [1.807, 2.05) is 0 Å². The van der Waals surface area contributed by atoms with Crippen molar-refractivity contribution in [3.05, 3.63) is 0 Å². The van der Waals surface area contributed by atoms with Crippen LogP contribution in [0.3, 0.4) is 0 Å². The van der Waals surface area contributed by atoms with Gasteiger partial charge in [0, 0.05) is 38.3 Å². The van der Waals surface area contributed by atoms with Crippen molar-refractivity contribution in [1.29, 1.82) is 0 Å². The lowest BCUT2D eigenvalue weighted by Crippen LogP contribution is -2.56. The van der Waals surface area contributed by atoms with Crippen molar-refractivity contribution in [3.63, 3.8) is 0 Å². The Balaban J connectivity index is 1.39. The molecule has 0 radical (unpaired) electrons. The number of hydrogen-bond donors (Lipinski definition) is 0. The summed E-state index contributed by atoms with van der Waals surface area (Å²) in [5, 5.41) is 0. The van der Waals surface area contributed by atoms with Gasteiger partial charge in [0.1, 0.15) is 0 Å². The highest BCUT2D eigenvalue weighted by molar-refractivity contribution is 4.92. The molecule has 0 spiro atoms. The molecule has 116 valence electrons. The van der Waals surface area contributed by atoms with Crippen LogP contribution in [-0.2, 0) is 0 Å². The highest BCUT2D eigenvalue weighted by Gasteiger charge is 2.37. The molecule has 3 rings (SSSR count). The standard InChI is InChI=1S/C18H34N2/c1-3-15(2)16-13-18(14-16)20-11-9-19(10-12-20)17-7-5-4-6-8-17/h15-18H,3-14H2,1-2H3. The Labute approximate surface area is 125 Å². The third kappa shape index (κ3) is 3.22. The predicted octanol–water partition coefficient (Wildman–Crippen LogP) is 3.76. The van der Waals surface area contributed by atoms with Gasteiger partial charge in [-0.25, -0.2) is 0 Å². The molecule has 2 heteroatoms. The van der Waals surface area contributed by atoms with Gasteiger partial charge in [0.05, 0.1) is 0 Å². The highest BCUT2D eigenvalue weighted by Crippen LogP contribution is 2.38. The maximum absolute atomic E-state index is 2.81. The van der Waals surface area contributed by atoms with Crippen LogP contribution in [0.25, 0.3) is 0 Å². The monoisotopic (exact) mass is 278 g/mol. The lowest BCUT2D eigenvalue weighted by molar-refractivity contribution is 0.00142. The van der Waals surface area contributed by atoms with E-state index in [0.29, 0.717) is 0 Å². The maximum Gasteiger partial charge on any atom is 0.0113 e. The summed E-state index contributed by atoms with van der Waals surface area (Å²) in [6.45, 7) is 10.2. The van der Waals surface area contributed by atoms with Gasteiger partial charge in [-0.2, -0.15) is 0 Å². The second-order valence-electron chi connectivity index (χ2n) is 7.63. The molecular formula is C18H34N2. The molecule has 2 nitrogen and oxygen atoms in total. The second kappa shape index (κ2) is 6.79. The van der Waals surface area contributed by atoms with Gasteiger partial charge in [-0.3, -0.25) is 9.80 Å². The smallest absolute Gasteiger partial charge is 0.0113 e. The van der Waals surface area contributed by atoms with E-state index in [1.54, 1.807) is 0 Å². The van der Waals surface area contributed by atoms with Gasteiger partial charge in [-0.05, 0) is 37.5 Å². The zero-order chi connectivity index (χ0) is 13.9. The number of nitrogens with zero attached hydrogens (tertiary/aromatic N) is 2. The summed E-state index contributed by atoms with van der Waals surface area (Å²) in [6, 6.07) is 1.86. The zero-order valence-electron chi connectivity index (χ0n) is 13.7. The normalized spacial score (nSPS) is 35.7. The summed E-state index contributed by atoms with van der Waals surface area (Å²) in [4.78, 5) is 5.61. The maximum atomic E-state index is 2.81. The minimum atomic E-state index is 0.931. The summed E-state index contributed by atoms with van der Waals surface area (Å²) < 4.78 is 0. The molecule has 1 heterocycles. The van der Waals surface area contributed by atoms with Crippen LogP contribution >= 0.6 is 0 Å². The first-order chi connectivity index (χ1) is 9.78. The average molecular weight is 278 g/mol. The molecule has 0 N–H and O–H groups in total. The van der Waals surface area contributed by atoms with Crippen LogP contribution in [0.5, 0.6) is 0 Å². The summed E-state index contributed by atoms with van der Waals surface area (Å²) >= 11 is 0. The van der Waals surface area contributed by atoms with Crippen molar-refractivity contribution in [2.45, 2.75) is 77.3 Å². The van der Waals surface area contributed by atoms with Gasteiger partial charge in [-0.15, -0.1) is 0 Å². The Bertz CT molecular complexity index is 284. The molecule has 2 aliphatic carbocycles. The quantitative estimate of drug-likeness (QED) is 0.772. The Morgan fingerprint density at radius 3 is 1.95 bits per heavy atom. The summed E-state index contributed by atoms with van der Waals surface area (Å²) in [5.74, 6) is 1.98. The van der Waals surface area contributed by atoms with Crippen molar-refractivity contribution >= 4 is 0 Å². The van der Waals surface area contributed by atoms with E-state index in [1.165, 1.54) is 77.5 Å². The third-order valence-corrected chi connectivity index (χ3v) is 6.55. The van der Waals surface area contributed by atoms with E-state index in [4.69, 9.17) is 0 Å². The zero-order valence-corrected chi connectivity index (χ0v) is 13.7.